The van der Waals surface area contributed by atoms with Gasteiger partial charge in [-0.25, -0.2) is 4.98 Å². The van der Waals surface area contributed by atoms with E-state index in [2.05, 4.69) is 20.6 Å². The molecule has 1 aliphatic carbocycles. The van der Waals surface area contributed by atoms with Crippen molar-refractivity contribution in [2.24, 2.45) is 0 Å². The molecule has 3 N–H and O–H groups in total. The SMILES string of the molecule is OC1CCC(n2cc(-c3ccc(NC4CCOCC4)cc3)c3cnc(Nc4cc(C(F)(F)F)cc(C(F)(F)F)c4)nc32)CC1. The number of benzene rings is 2. The molecule has 0 unspecified atom stereocenters. The van der Waals surface area contributed by atoms with Crippen LogP contribution in [0.1, 0.15) is 55.7 Å². The van der Waals surface area contributed by atoms with Crippen LogP contribution in [0.3, 0.4) is 0 Å². The predicted molar refractivity (Wildman–Crippen MR) is 154 cm³/mol. The van der Waals surface area contributed by atoms with E-state index >= 15 is 0 Å². The lowest BCUT2D eigenvalue weighted by molar-refractivity contribution is -0.143. The second-order valence-electron chi connectivity index (χ2n) is 11.4. The summed E-state index contributed by atoms with van der Waals surface area (Å²) in [5.74, 6) is -0.136. The van der Waals surface area contributed by atoms with Crippen molar-refractivity contribution in [2.75, 3.05) is 23.8 Å². The van der Waals surface area contributed by atoms with Crippen molar-refractivity contribution in [3.8, 4) is 11.1 Å². The molecule has 2 aliphatic rings. The molecular formula is C31H31F6N5O2. The van der Waals surface area contributed by atoms with Crippen molar-refractivity contribution in [1.82, 2.24) is 14.5 Å². The van der Waals surface area contributed by atoms with Crippen molar-refractivity contribution in [1.29, 1.82) is 0 Å². The Labute approximate surface area is 249 Å². The first kappa shape index (κ1) is 30.2. The first-order valence-electron chi connectivity index (χ1n) is 14.5. The van der Waals surface area contributed by atoms with Gasteiger partial charge in [-0.2, -0.15) is 31.3 Å². The lowest BCUT2D eigenvalue weighted by atomic mass is 9.93. The molecule has 3 heterocycles. The molecule has 1 saturated heterocycles. The number of aliphatic hydroxyl groups is 1. The summed E-state index contributed by atoms with van der Waals surface area (Å²) in [5.41, 5.74) is -0.0840. The topological polar surface area (TPSA) is 84.2 Å². The molecule has 1 aliphatic heterocycles. The highest BCUT2D eigenvalue weighted by Crippen LogP contribution is 2.40. The predicted octanol–water partition coefficient (Wildman–Crippen LogP) is 7.95. The van der Waals surface area contributed by atoms with E-state index in [1.54, 1.807) is 0 Å². The molecule has 13 heteroatoms. The Morgan fingerprint density at radius 2 is 1.45 bits per heavy atom. The lowest BCUT2D eigenvalue weighted by Crippen LogP contribution is -2.27. The number of fused-ring (bicyclic) bond motifs is 1. The van der Waals surface area contributed by atoms with E-state index in [1.165, 1.54) is 6.20 Å². The van der Waals surface area contributed by atoms with Crippen LogP contribution < -0.4 is 10.6 Å². The van der Waals surface area contributed by atoms with Gasteiger partial charge >= 0.3 is 12.4 Å². The van der Waals surface area contributed by atoms with Crippen LogP contribution in [0.5, 0.6) is 0 Å². The highest BCUT2D eigenvalue weighted by molar-refractivity contribution is 5.94. The normalized spacial score (nSPS) is 20.2. The van der Waals surface area contributed by atoms with E-state index in [-0.39, 0.29) is 24.2 Å². The van der Waals surface area contributed by atoms with Gasteiger partial charge in [-0.15, -0.1) is 0 Å². The average Bonchev–Trinajstić information content (AvgIpc) is 3.36. The standard InChI is InChI=1S/C31H31F6N5O2/c32-30(33,34)19-13-20(31(35,36)37)15-23(14-19)40-29-38-16-26-27(17-42(28(26)41-29)24-5-7-25(43)8-6-24)18-1-3-21(4-2-18)39-22-9-11-44-12-10-22/h1-4,13-17,22,24-25,39,43H,5-12H2,(H,38,40,41). The molecule has 0 spiro atoms. The quantitative estimate of drug-likeness (QED) is 0.190. The Kier molecular flexibility index (Phi) is 8.18. The highest BCUT2D eigenvalue weighted by Gasteiger charge is 2.37. The van der Waals surface area contributed by atoms with Gasteiger partial charge in [0.1, 0.15) is 5.65 Å². The number of alkyl halides is 6. The van der Waals surface area contributed by atoms with Gasteiger partial charge in [0.2, 0.25) is 5.95 Å². The fourth-order valence-electron chi connectivity index (χ4n) is 5.91. The van der Waals surface area contributed by atoms with Crippen LogP contribution in [-0.4, -0.2) is 45.0 Å². The molecule has 2 aromatic heterocycles. The summed E-state index contributed by atoms with van der Waals surface area (Å²) < 4.78 is 87.9. The van der Waals surface area contributed by atoms with E-state index in [4.69, 9.17) is 4.74 Å². The Morgan fingerprint density at radius 3 is 2.07 bits per heavy atom. The second-order valence-corrected chi connectivity index (χ2v) is 11.4. The molecule has 234 valence electrons. The summed E-state index contributed by atoms with van der Waals surface area (Å²) in [6.07, 6.45) is -2.42. The van der Waals surface area contributed by atoms with Gasteiger partial charge < -0.3 is 25.0 Å². The molecule has 0 atom stereocenters. The molecule has 2 fully saturated rings. The smallest absolute Gasteiger partial charge is 0.393 e. The Bertz CT molecular complexity index is 1570. The van der Waals surface area contributed by atoms with Crippen molar-refractivity contribution in [2.45, 2.75) is 69.1 Å². The average molecular weight is 620 g/mol. The number of aromatic nitrogens is 3. The molecule has 44 heavy (non-hydrogen) atoms. The molecule has 4 aromatic rings. The largest absolute Gasteiger partial charge is 0.416 e. The minimum atomic E-state index is -4.98. The van der Waals surface area contributed by atoms with Crippen LogP contribution in [0.15, 0.2) is 54.9 Å². The third-order valence-corrected chi connectivity index (χ3v) is 8.26. The molecule has 0 bridgehead atoms. The molecular weight excluding hydrogens is 588 g/mol. The minimum absolute atomic E-state index is 0.00255. The zero-order valence-electron chi connectivity index (χ0n) is 23.5. The van der Waals surface area contributed by atoms with Gasteiger partial charge in [0.25, 0.3) is 0 Å². The maximum absolute atomic E-state index is 13.4. The monoisotopic (exact) mass is 619 g/mol. The second kappa shape index (κ2) is 11.9. The molecule has 7 nitrogen and oxygen atoms in total. The van der Waals surface area contributed by atoms with Gasteiger partial charge in [-0.1, -0.05) is 12.1 Å². The van der Waals surface area contributed by atoms with Crippen LogP contribution >= 0.6 is 0 Å². The number of nitrogens with one attached hydrogen (secondary N) is 2. The van der Waals surface area contributed by atoms with Gasteiger partial charge in [-0.3, -0.25) is 0 Å². The number of halogens is 6. The van der Waals surface area contributed by atoms with E-state index in [0.29, 0.717) is 54.9 Å². The van der Waals surface area contributed by atoms with Gasteiger partial charge in [0.15, 0.2) is 0 Å². The summed E-state index contributed by atoms with van der Waals surface area (Å²) >= 11 is 0. The number of ether oxygens (including phenoxy) is 1. The van der Waals surface area contributed by atoms with E-state index in [1.807, 2.05) is 35.0 Å². The summed E-state index contributed by atoms with van der Waals surface area (Å²) in [5, 5.41) is 16.8. The Balaban J connectivity index is 1.35. The summed E-state index contributed by atoms with van der Waals surface area (Å²) in [6.45, 7) is 1.45. The summed E-state index contributed by atoms with van der Waals surface area (Å²) in [6, 6.07) is 9.57. The first-order valence-corrected chi connectivity index (χ1v) is 14.5. The van der Waals surface area contributed by atoms with Crippen LogP contribution in [0.25, 0.3) is 22.2 Å². The number of anilines is 3. The Hall–Kier alpha value is -3.84. The summed E-state index contributed by atoms with van der Waals surface area (Å²) in [4.78, 5) is 8.86. The minimum Gasteiger partial charge on any atom is -0.393 e. The van der Waals surface area contributed by atoms with Crippen LogP contribution in [0.2, 0.25) is 0 Å². The molecule has 2 aromatic carbocycles. The van der Waals surface area contributed by atoms with Gasteiger partial charge in [0.05, 0.1) is 17.2 Å². The number of aliphatic hydroxyl groups excluding tert-OH is 1. The van der Waals surface area contributed by atoms with Crippen LogP contribution in [-0.2, 0) is 17.1 Å². The van der Waals surface area contributed by atoms with Crippen molar-refractivity contribution in [3.05, 3.63) is 66.0 Å². The third-order valence-electron chi connectivity index (χ3n) is 8.26. The van der Waals surface area contributed by atoms with Gasteiger partial charge in [-0.05, 0) is 74.4 Å². The zero-order valence-corrected chi connectivity index (χ0v) is 23.5. The van der Waals surface area contributed by atoms with E-state index in [0.717, 1.165) is 42.9 Å². The van der Waals surface area contributed by atoms with Crippen molar-refractivity contribution < 1.29 is 36.2 Å². The fourth-order valence-corrected chi connectivity index (χ4v) is 5.91. The first-order chi connectivity index (χ1) is 20.9. The number of nitrogens with zero attached hydrogens (tertiary/aromatic N) is 3. The zero-order chi connectivity index (χ0) is 31.1. The van der Waals surface area contributed by atoms with Gasteiger partial charge in [0, 0.05) is 60.0 Å². The number of hydrogen-bond acceptors (Lipinski definition) is 6. The number of rotatable bonds is 6. The fraction of sp³-hybridized carbons (Fsp3) is 0.419. The maximum Gasteiger partial charge on any atom is 0.416 e. The number of hydrogen-bond donors (Lipinski definition) is 3. The Morgan fingerprint density at radius 1 is 0.818 bits per heavy atom. The van der Waals surface area contributed by atoms with Crippen molar-refractivity contribution in [3.63, 3.8) is 0 Å². The molecule has 1 saturated carbocycles. The maximum atomic E-state index is 13.4. The van der Waals surface area contributed by atoms with E-state index < -0.39 is 29.2 Å². The molecule has 6 rings (SSSR count). The van der Waals surface area contributed by atoms with Crippen molar-refractivity contribution >= 4 is 28.4 Å². The van der Waals surface area contributed by atoms with Crippen LogP contribution in [0, 0.1) is 0 Å². The molecule has 0 amide bonds. The highest BCUT2D eigenvalue weighted by atomic mass is 19.4. The molecule has 0 radical (unpaired) electrons. The lowest BCUT2D eigenvalue weighted by Gasteiger charge is -2.27. The summed E-state index contributed by atoms with van der Waals surface area (Å²) in [7, 11) is 0. The van der Waals surface area contributed by atoms with E-state index in [9.17, 15) is 31.4 Å². The third kappa shape index (κ3) is 6.63. The van der Waals surface area contributed by atoms with Crippen LogP contribution in [0.4, 0.5) is 43.7 Å².